The van der Waals surface area contributed by atoms with E-state index in [0.717, 1.165) is 16.5 Å². The van der Waals surface area contributed by atoms with Crippen LogP contribution in [0.25, 0.3) is 10.8 Å². The van der Waals surface area contributed by atoms with Crippen LogP contribution in [0.15, 0.2) is 36.4 Å². The molecule has 20 heavy (non-hydrogen) atoms. The van der Waals surface area contributed by atoms with Crippen molar-refractivity contribution in [1.29, 1.82) is 0 Å². The molecule has 0 bridgehead atoms. The highest BCUT2D eigenvalue weighted by atomic mass is 19.1. The lowest BCUT2D eigenvalue weighted by molar-refractivity contribution is -0.118. The number of hydrogen-bond acceptors (Lipinski definition) is 2. The molecule has 0 spiro atoms. The molecule has 0 amide bonds. The first kappa shape index (κ1) is 16.2. The van der Waals surface area contributed by atoms with Crippen molar-refractivity contribution in [2.75, 3.05) is 7.11 Å². The normalized spacial score (nSPS) is 11.4. The lowest BCUT2D eigenvalue weighted by Gasteiger charge is -2.08. The maximum absolute atomic E-state index is 13.8. The van der Waals surface area contributed by atoms with E-state index in [1.807, 2.05) is 38.1 Å². The van der Waals surface area contributed by atoms with Crippen molar-refractivity contribution in [2.24, 2.45) is 0 Å². The minimum atomic E-state index is -1.23. The fraction of sp³-hybridized carbons (Fsp3) is 0.353. The van der Waals surface area contributed by atoms with E-state index in [2.05, 4.69) is 0 Å². The van der Waals surface area contributed by atoms with Crippen molar-refractivity contribution < 1.29 is 13.9 Å². The van der Waals surface area contributed by atoms with Gasteiger partial charge < -0.3 is 4.74 Å². The number of carbonyl (C=O) groups is 1. The number of fused-ring (bicyclic) bond motifs is 1. The SMILES string of the molecule is CC.COc1ccc2cc(C(F)CC(C)=O)ccc2c1. The molecule has 0 N–H and O–H groups in total. The highest BCUT2D eigenvalue weighted by Crippen LogP contribution is 2.27. The van der Waals surface area contributed by atoms with Crippen LogP contribution in [-0.2, 0) is 4.79 Å². The minimum absolute atomic E-state index is 0.0678. The molecule has 0 fully saturated rings. The third-order valence-corrected chi connectivity index (χ3v) is 2.90. The van der Waals surface area contributed by atoms with E-state index in [0.29, 0.717) is 5.56 Å². The van der Waals surface area contributed by atoms with Crippen molar-refractivity contribution in [2.45, 2.75) is 33.4 Å². The Bertz CT molecular complexity index is 578. The number of carbonyl (C=O) groups excluding carboxylic acids is 1. The fourth-order valence-corrected chi connectivity index (χ4v) is 1.93. The Morgan fingerprint density at radius 3 is 2.35 bits per heavy atom. The van der Waals surface area contributed by atoms with Gasteiger partial charge in [-0.1, -0.05) is 32.0 Å². The standard InChI is InChI=1S/C15H15FO2.C2H6/c1-10(17)7-15(16)13-4-3-12-9-14(18-2)6-5-11(12)8-13;1-2/h3-6,8-9,15H,7H2,1-2H3;1-2H3. The van der Waals surface area contributed by atoms with Gasteiger partial charge in [0, 0.05) is 6.42 Å². The molecule has 0 aliphatic carbocycles. The number of hydrogen-bond donors (Lipinski definition) is 0. The van der Waals surface area contributed by atoms with Crippen molar-refractivity contribution in [3.63, 3.8) is 0 Å². The Hall–Kier alpha value is -1.90. The first-order valence-corrected chi connectivity index (χ1v) is 6.81. The van der Waals surface area contributed by atoms with E-state index in [1.165, 1.54) is 6.92 Å². The summed E-state index contributed by atoms with van der Waals surface area (Å²) in [5.41, 5.74) is 0.544. The molecule has 0 saturated carbocycles. The van der Waals surface area contributed by atoms with Crippen molar-refractivity contribution in [3.05, 3.63) is 42.0 Å². The maximum atomic E-state index is 13.8. The topological polar surface area (TPSA) is 26.3 Å². The van der Waals surface area contributed by atoms with E-state index in [-0.39, 0.29) is 12.2 Å². The summed E-state index contributed by atoms with van der Waals surface area (Å²) in [7, 11) is 1.61. The van der Waals surface area contributed by atoms with Gasteiger partial charge in [0.05, 0.1) is 7.11 Å². The molecule has 2 nitrogen and oxygen atoms in total. The molecule has 1 unspecified atom stereocenters. The number of halogens is 1. The fourth-order valence-electron chi connectivity index (χ4n) is 1.93. The van der Waals surface area contributed by atoms with Gasteiger partial charge in [-0.15, -0.1) is 0 Å². The molecule has 2 aromatic carbocycles. The molecule has 108 valence electrons. The Labute approximate surface area is 119 Å². The zero-order valence-electron chi connectivity index (χ0n) is 12.4. The van der Waals surface area contributed by atoms with Crippen LogP contribution in [-0.4, -0.2) is 12.9 Å². The van der Waals surface area contributed by atoms with Gasteiger partial charge in [-0.05, 0) is 41.5 Å². The van der Waals surface area contributed by atoms with Gasteiger partial charge >= 0.3 is 0 Å². The summed E-state index contributed by atoms with van der Waals surface area (Å²) in [6.45, 7) is 5.40. The van der Waals surface area contributed by atoms with E-state index in [1.54, 1.807) is 19.2 Å². The summed E-state index contributed by atoms with van der Waals surface area (Å²) in [4.78, 5) is 10.9. The Morgan fingerprint density at radius 1 is 1.15 bits per heavy atom. The second-order valence-corrected chi connectivity index (χ2v) is 4.35. The smallest absolute Gasteiger partial charge is 0.133 e. The number of alkyl halides is 1. The molecule has 0 saturated heterocycles. The summed E-state index contributed by atoms with van der Waals surface area (Å²) < 4.78 is 18.9. The van der Waals surface area contributed by atoms with Gasteiger partial charge in [0.2, 0.25) is 0 Å². The van der Waals surface area contributed by atoms with Gasteiger partial charge in [0.25, 0.3) is 0 Å². The second kappa shape index (κ2) is 7.63. The first-order valence-electron chi connectivity index (χ1n) is 6.81. The first-order chi connectivity index (χ1) is 9.60. The van der Waals surface area contributed by atoms with Gasteiger partial charge in [-0.2, -0.15) is 0 Å². The molecule has 0 aliphatic rings. The van der Waals surface area contributed by atoms with E-state index >= 15 is 0 Å². The van der Waals surface area contributed by atoms with E-state index < -0.39 is 6.17 Å². The quantitative estimate of drug-likeness (QED) is 0.796. The predicted molar refractivity (Wildman–Crippen MR) is 81.0 cm³/mol. The molecule has 0 heterocycles. The average molecular weight is 276 g/mol. The number of ether oxygens (including phenoxy) is 1. The third-order valence-electron chi connectivity index (χ3n) is 2.90. The minimum Gasteiger partial charge on any atom is -0.497 e. The summed E-state index contributed by atoms with van der Waals surface area (Å²) in [6, 6.07) is 11.0. The second-order valence-electron chi connectivity index (χ2n) is 4.35. The predicted octanol–water partition coefficient (Wildman–Crippen LogP) is 4.86. The molecule has 2 aromatic rings. The average Bonchev–Trinajstić information content (AvgIpc) is 2.47. The molecular formula is C17H21FO2. The van der Waals surface area contributed by atoms with Gasteiger partial charge in [0.1, 0.15) is 17.7 Å². The maximum Gasteiger partial charge on any atom is 0.133 e. The molecule has 1 atom stereocenters. The zero-order valence-corrected chi connectivity index (χ0v) is 12.4. The molecule has 0 aliphatic heterocycles. The van der Waals surface area contributed by atoms with E-state index in [9.17, 15) is 9.18 Å². The summed E-state index contributed by atoms with van der Waals surface area (Å²) >= 11 is 0. The van der Waals surface area contributed by atoms with Crippen LogP contribution in [0.4, 0.5) is 4.39 Å². The zero-order chi connectivity index (χ0) is 15.1. The molecule has 2 rings (SSSR count). The van der Waals surface area contributed by atoms with Crippen LogP contribution in [0.3, 0.4) is 0 Å². The van der Waals surface area contributed by atoms with Crippen LogP contribution >= 0.6 is 0 Å². The monoisotopic (exact) mass is 276 g/mol. The van der Waals surface area contributed by atoms with Crippen molar-refractivity contribution in [1.82, 2.24) is 0 Å². The highest BCUT2D eigenvalue weighted by Gasteiger charge is 2.12. The lowest BCUT2D eigenvalue weighted by atomic mass is 10.0. The van der Waals surface area contributed by atoms with Crippen LogP contribution in [0.5, 0.6) is 5.75 Å². The van der Waals surface area contributed by atoms with Crippen molar-refractivity contribution >= 4 is 16.6 Å². The highest BCUT2D eigenvalue weighted by molar-refractivity contribution is 5.85. The summed E-state index contributed by atoms with van der Waals surface area (Å²) in [6.07, 6.45) is -1.30. The number of ketones is 1. The Balaban J connectivity index is 0.000000956. The largest absolute Gasteiger partial charge is 0.497 e. The number of benzene rings is 2. The van der Waals surface area contributed by atoms with Crippen LogP contribution in [0, 0.1) is 0 Å². The number of methoxy groups -OCH3 is 1. The number of rotatable bonds is 4. The molecule has 0 aromatic heterocycles. The van der Waals surface area contributed by atoms with Crippen LogP contribution < -0.4 is 4.74 Å². The summed E-state index contributed by atoms with van der Waals surface area (Å²) in [5.74, 6) is 0.633. The lowest BCUT2D eigenvalue weighted by Crippen LogP contribution is -1.98. The van der Waals surface area contributed by atoms with Gasteiger partial charge in [-0.25, -0.2) is 4.39 Å². The Kier molecular flexibility index (Phi) is 6.16. The third kappa shape index (κ3) is 4.05. The molecular weight excluding hydrogens is 255 g/mol. The van der Waals surface area contributed by atoms with Gasteiger partial charge in [-0.3, -0.25) is 4.79 Å². The van der Waals surface area contributed by atoms with Crippen molar-refractivity contribution in [3.8, 4) is 5.75 Å². The van der Waals surface area contributed by atoms with Crippen LogP contribution in [0.1, 0.15) is 38.9 Å². The van der Waals surface area contributed by atoms with E-state index in [4.69, 9.17) is 4.74 Å². The summed E-state index contributed by atoms with van der Waals surface area (Å²) in [5, 5.41) is 1.94. The van der Waals surface area contributed by atoms with Gasteiger partial charge in [0.15, 0.2) is 0 Å². The molecule has 0 radical (unpaired) electrons. The van der Waals surface area contributed by atoms with Crippen LogP contribution in [0.2, 0.25) is 0 Å². The number of Topliss-reactive ketones (excluding diaryl/α,β-unsaturated/α-hetero) is 1. The molecule has 3 heteroatoms. The Morgan fingerprint density at radius 2 is 1.75 bits per heavy atom.